The van der Waals surface area contributed by atoms with Crippen LogP contribution in [0.25, 0.3) is 0 Å². The Morgan fingerprint density at radius 2 is 1.14 bits per heavy atom. The van der Waals surface area contributed by atoms with Crippen LogP contribution >= 0.6 is 0 Å². The zero-order valence-electron chi connectivity index (χ0n) is 10.3. The fraction of sp³-hybridized carbons (Fsp3) is 0. The molecule has 0 radical (unpaired) electrons. The number of aromatic hydroxyl groups is 5. The van der Waals surface area contributed by atoms with Crippen molar-refractivity contribution < 1.29 is 35.1 Å². The van der Waals surface area contributed by atoms with Crippen molar-refractivity contribution in [2.75, 3.05) is 0 Å². The van der Waals surface area contributed by atoms with Crippen molar-refractivity contribution in [3.63, 3.8) is 0 Å². The average Bonchev–Trinajstić information content (AvgIpc) is 2.44. The fourth-order valence-corrected chi connectivity index (χ4v) is 2.35. The van der Waals surface area contributed by atoms with Gasteiger partial charge in [-0.25, -0.2) is 0 Å². The molecule has 0 saturated carbocycles. The lowest BCUT2D eigenvalue weighted by Crippen LogP contribution is -2.21. The van der Waals surface area contributed by atoms with E-state index in [0.717, 1.165) is 18.2 Å². The normalized spacial score (nSPS) is 13.0. The van der Waals surface area contributed by atoms with Crippen LogP contribution < -0.4 is 0 Å². The molecule has 0 atom stereocenters. The summed E-state index contributed by atoms with van der Waals surface area (Å²) >= 11 is 0. The highest BCUT2D eigenvalue weighted by molar-refractivity contribution is 6.31. The molecule has 1 aliphatic carbocycles. The van der Waals surface area contributed by atoms with E-state index >= 15 is 0 Å². The van der Waals surface area contributed by atoms with Gasteiger partial charge in [-0.05, 0) is 18.2 Å². The molecule has 0 aromatic heterocycles. The first kappa shape index (κ1) is 12.8. The molecule has 0 spiro atoms. The number of carbonyl (C=O) groups is 2. The van der Waals surface area contributed by atoms with Gasteiger partial charge in [0.1, 0.15) is 11.5 Å². The van der Waals surface area contributed by atoms with E-state index in [1.807, 2.05) is 0 Å². The molecule has 2 aromatic carbocycles. The largest absolute Gasteiger partial charge is 0.507 e. The minimum atomic E-state index is -0.961. The molecule has 7 nitrogen and oxygen atoms in total. The predicted octanol–water partition coefficient (Wildman–Crippen LogP) is 0.990. The van der Waals surface area contributed by atoms with Gasteiger partial charge >= 0.3 is 0 Å². The lowest BCUT2D eigenvalue weighted by molar-refractivity contribution is 0.0970. The molecule has 5 N–H and O–H groups in total. The van der Waals surface area contributed by atoms with Crippen LogP contribution in [0.15, 0.2) is 18.2 Å². The second kappa shape index (κ2) is 3.89. The van der Waals surface area contributed by atoms with Crippen LogP contribution in [0.5, 0.6) is 28.7 Å². The summed E-state index contributed by atoms with van der Waals surface area (Å²) in [6.45, 7) is 0. The van der Waals surface area contributed by atoms with Crippen LogP contribution in [0.2, 0.25) is 0 Å². The summed E-state index contributed by atoms with van der Waals surface area (Å²) in [5.74, 6) is -5.55. The van der Waals surface area contributed by atoms with Gasteiger partial charge in [-0.1, -0.05) is 0 Å². The second-order valence-corrected chi connectivity index (χ2v) is 4.53. The highest BCUT2D eigenvalue weighted by atomic mass is 16.3. The average molecular weight is 288 g/mol. The quantitative estimate of drug-likeness (QED) is 0.307. The Kier molecular flexibility index (Phi) is 2.37. The molecule has 0 aliphatic heterocycles. The summed E-state index contributed by atoms with van der Waals surface area (Å²) in [4.78, 5) is 24.6. The Hall–Kier alpha value is -3.22. The monoisotopic (exact) mass is 288 g/mol. The minimum Gasteiger partial charge on any atom is -0.507 e. The molecule has 0 heterocycles. The molecule has 0 bridgehead atoms. The Labute approximate surface area is 117 Å². The number of ketones is 2. The third-order valence-electron chi connectivity index (χ3n) is 3.34. The van der Waals surface area contributed by atoms with Gasteiger partial charge < -0.3 is 25.5 Å². The number of carbonyl (C=O) groups excluding carboxylic acids is 2. The predicted molar refractivity (Wildman–Crippen MR) is 68.1 cm³/mol. The number of phenols is 5. The van der Waals surface area contributed by atoms with Crippen LogP contribution in [0.3, 0.4) is 0 Å². The first-order valence-electron chi connectivity index (χ1n) is 5.76. The van der Waals surface area contributed by atoms with E-state index in [0.29, 0.717) is 0 Å². The van der Waals surface area contributed by atoms with Gasteiger partial charge in [0.05, 0.1) is 16.7 Å². The van der Waals surface area contributed by atoms with E-state index in [2.05, 4.69) is 0 Å². The van der Waals surface area contributed by atoms with E-state index in [-0.39, 0.29) is 5.56 Å². The Bertz CT molecular complexity index is 836. The first-order chi connectivity index (χ1) is 9.84. The topological polar surface area (TPSA) is 135 Å². The van der Waals surface area contributed by atoms with Gasteiger partial charge in [0.15, 0.2) is 17.3 Å². The van der Waals surface area contributed by atoms with Crippen molar-refractivity contribution in [1.82, 2.24) is 0 Å². The Balaban J connectivity index is 2.45. The highest BCUT2D eigenvalue weighted by Gasteiger charge is 2.38. The number of hydrogen-bond acceptors (Lipinski definition) is 7. The molecule has 21 heavy (non-hydrogen) atoms. The van der Waals surface area contributed by atoms with E-state index in [4.69, 9.17) is 0 Å². The van der Waals surface area contributed by atoms with Gasteiger partial charge in [-0.2, -0.15) is 0 Å². The molecule has 0 fully saturated rings. The first-order valence-corrected chi connectivity index (χ1v) is 5.76. The molecule has 0 amide bonds. The maximum absolute atomic E-state index is 12.3. The third-order valence-corrected chi connectivity index (χ3v) is 3.34. The summed E-state index contributed by atoms with van der Waals surface area (Å²) in [7, 11) is 0. The summed E-state index contributed by atoms with van der Waals surface area (Å²) in [5, 5.41) is 48.1. The summed E-state index contributed by atoms with van der Waals surface area (Å²) in [6, 6.07) is 2.89. The molecule has 0 unspecified atom stereocenters. The van der Waals surface area contributed by atoms with Gasteiger partial charge in [0.2, 0.25) is 11.5 Å². The number of rotatable bonds is 0. The molecule has 3 rings (SSSR count). The molecule has 106 valence electrons. The standard InChI is InChI=1S/C14H8O7/c15-5-1-2-6(16)10-9(5)11(18)4-3-7(17)12(19)14(21)8(4)13(10)20/h1-3,15-17,19,21H. The van der Waals surface area contributed by atoms with Crippen molar-refractivity contribution >= 4 is 11.6 Å². The number of fused-ring (bicyclic) bond motifs is 2. The molecular formula is C14H8O7. The van der Waals surface area contributed by atoms with E-state index in [1.54, 1.807) is 0 Å². The highest BCUT2D eigenvalue weighted by Crippen LogP contribution is 2.46. The van der Waals surface area contributed by atoms with Crippen LogP contribution in [-0.2, 0) is 0 Å². The van der Waals surface area contributed by atoms with Gasteiger partial charge in [-0.3, -0.25) is 9.59 Å². The number of benzene rings is 2. The van der Waals surface area contributed by atoms with Crippen LogP contribution in [0.4, 0.5) is 0 Å². The lowest BCUT2D eigenvalue weighted by Gasteiger charge is -2.20. The van der Waals surface area contributed by atoms with Crippen molar-refractivity contribution in [3.05, 3.63) is 40.5 Å². The summed E-state index contributed by atoms with van der Waals surface area (Å²) in [5.41, 5.74) is -1.80. The molecule has 0 saturated heterocycles. The van der Waals surface area contributed by atoms with Crippen molar-refractivity contribution in [2.45, 2.75) is 0 Å². The summed E-state index contributed by atoms with van der Waals surface area (Å²) in [6.07, 6.45) is 0. The van der Waals surface area contributed by atoms with Gasteiger partial charge in [0, 0.05) is 5.56 Å². The van der Waals surface area contributed by atoms with E-state index in [9.17, 15) is 35.1 Å². The van der Waals surface area contributed by atoms with Crippen molar-refractivity contribution in [2.24, 2.45) is 0 Å². The van der Waals surface area contributed by atoms with Crippen LogP contribution in [-0.4, -0.2) is 37.1 Å². The van der Waals surface area contributed by atoms with Crippen LogP contribution in [0, 0.1) is 0 Å². The molecule has 7 heteroatoms. The van der Waals surface area contributed by atoms with Crippen LogP contribution in [0.1, 0.15) is 31.8 Å². The maximum Gasteiger partial charge on any atom is 0.202 e. The molecular weight excluding hydrogens is 280 g/mol. The number of hydrogen-bond donors (Lipinski definition) is 5. The maximum atomic E-state index is 12.3. The Morgan fingerprint density at radius 1 is 0.619 bits per heavy atom. The second-order valence-electron chi connectivity index (χ2n) is 4.53. The fourth-order valence-electron chi connectivity index (χ4n) is 2.35. The Morgan fingerprint density at radius 3 is 1.71 bits per heavy atom. The van der Waals surface area contributed by atoms with E-state index < -0.39 is 57.0 Å². The van der Waals surface area contributed by atoms with Crippen molar-refractivity contribution in [3.8, 4) is 28.7 Å². The third kappa shape index (κ3) is 1.48. The van der Waals surface area contributed by atoms with Gasteiger partial charge in [0.25, 0.3) is 0 Å². The van der Waals surface area contributed by atoms with E-state index in [1.165, 1.54) is 0 Å². The molecule has 1 aliphatic rings. The van der Waals surface area contributed by atoms with Gasteiger partial charge in [-0.15, -0.1) is 0 Å². The summed E-state index contributed by atoms with van der Waals surface area (Å²) < 4.78 is 0. The lowest BCUT2D eigenvalue weighted by atomic mass is 9.82. The zero-order valence-corrected chi connectivity index (χ0v) is 10.3. The van der Waals surface area contributed by atoms with Crippen molar-refractivity contribution in [1.29, 1.82) is 0 Å². The number of phenolic OH excluding ortho intramolecular Hbond substituents is 5. The SMILES string of the molecule is O=C1c2cc(O)c(O)c(O)c2C(=O)c2c(O)ccc(O)c21. The zero-order chi connectivity index (χ0) is 15.5. The molecule has 2 aromatic rings. The minimum absolute atomic E-state index is 0.374. The smallest absolute Gasteiger partial charge is 0.202 e.